The predicted molar refractivity (Wildman–Crippen MR) is 86.5 cm³/mol. The van der Waals surface area contributed by atoms with Gasteiger partial charge in [0.1, 0.15) is 5.25 Å². The van der Waals surface area contributed by atoms with Crippen molar-refractivity contribution in [1.82, 2.24) is 15.1 Å². The summed E-state index contributed by atoms with van der Waals surface area (Å²) in [6, 6.07) is 5.45. The van der Waals surface area contributed by atoms with Gasteiger partial charge < -0.3 is 5.32 Å². The molecule has 22 heavy (non-hydrogen) atoms. The van der Waals surface area contributed by atoms with Crippen LogP contribution in [-0.4, -0.2) is 35.1 Å². The molecule has 1 N–H and O–H groups in total. The average molecular weight is 344 g/mol. The summed E-state index contributed by atoms with van der Waals surface area (Å²) in [5.41, 5.74) is 1.46. The summed E-state index contributed by atoms with van der Waals surface area (Å²) in [5.74, 6) is -0.604. The van der Waals surface area contributed by atoms with Crippen LogP contribution < -0.4 is 5.32 Å². The number of hydrogen-bond acceptors (Lipinski definition) is 4. The number of hydrogen-bond donors (Lipinski definition) is 1. The Balaban J connectivity index is 2.21. The van der Waals surface area contributed by atoms with Crippen LogP contribution in [0.25, 0.3) is 10.9 Å². The molecule has 120 valence electrons. The van der Waals surface area contributed by atoms with E-state index in [0.717, 1.165) is 10.9 Å². The van der Waals surface area contributed by atoms with E-state index in [0.29, 0.717) is 10.7 Å². The largest absolute Gasteiger partial charge is 0.349 e. The van der Waals surface area contributed by atoms with Crippen LogP contribution >= 0.6 is 11.6 Å². The van der Waals surface area contributed by atoms with Crippen LogP contribution in [0.15, 0.2) is 18.2 Å². The van der Waals surface area contributed by atoms with Crippen LogP contribution in [0.5, 0.6) is 0 Å². The minimum Gasteiger partial charge on any atom is -0.349 e. The Morgan fingerprint density at radius 2 is 2.14 bits per heavy atom. The van der Waals surface area contributed by atoms with Gasteiger partial charge in [0.2, 0.25) is 5.91 Å². The molecule has 1 aromatic carbocycles. The first-order chi connectivity index (χ1) is 10.3. The standard InChI is InChI=1S/C14H18ClN3O3S/c1-4-22(20,21)9(2)14(19)16-8-11-13-10(15)6-5-7-12(13)18(3)17-11/h5-7,9H,4,8H2,1-3H3,(H,16,19)/t9-/m1/s1. The summed E-state index contributed by atoms with van der Waals surface area (Å²) < 4.78 is 25.1. The van der Waals surface area contributed by atoms with Crippen molar-refractivity contribution in [3.63, 3.8) is 0 Å². The Morgan fingerprint density at radius 3 is 2.77 bits per heavy atom. The minimum atomic E-state index is -3.41. The van der Waals surface area contributed by atoms with Crippen molar-refractivity contribution in [2.45, 2.75) is 25.6 Å². The lowest BCUT2D eigenvalue weighted by molar-refractivity contribution is -0.120. The summed E-state index contributed by atoms with van der Waals surface area (Å²) in [5, 5.41) is 7.18. The molecule has 8 heteroatoms. The van der Waals surface area contributed by atoms with E-state index in [2.05, 4.69) is 10.4 Å². The number of fused-ring (bicyclic) bond motifs is 1. The fourth-order valence-electron chi connectivity index (χ4n) is 2.20. The predicted octanol–water partition coefficient (Wildman–Crippen LogP) is 1.67. The third-order valence-corrected chi connectivity index (χ3v) is 6.05. The molecule has 0 bridgehead atoms. The topological polar surface area (TPSA) is 81.1 Å². The van der Waals surface area contributed by atoms with Gasteiger partial charge in [0.05, 0.1) is 22.8 Å². The maximum atomic E-state index is 12.0. The lowest BCUT2D eigenvalue weighted by Gasteiger charge is -2.11. The van der Waals surface area contributed by atoms with Crippen LogP contribution in [-0.2, 0) is 28.2 Å². The second kappa shape index (κ2) is 6.26. The van der Waals surface area contributed by atoms with E-state index in [1.165, 1.54) is 13.8 Å². The van der Waals surface area contributed by atoms with E-state index < -0.39 is 21.0 Å². The molecular formula is C14H18ClN3O3S. The van der Waals surface area contributed by atoms with Gasteiger partial charge in [-0.15, -0.1) is 0 Å². The summed E-state index contributed by atoms with van der Waals surface area (Å²) >= 11 is 6.19. The first-order valence-electron chi connectivity index (χ1n) is 6.87. The SMILES string of the molecule is CCS(=O)(=O)[C@H](C)C(=O)NCc1nn(C)c2cccc(Cl)c12. The van der Waals surface area contributed by atoms with Gasteiger partial charge in [0.25, 0.3) is 0 Å². The fraction of sp³-hybridized carbons (Fsp3) is 0.429. The van der Waals surface area contributed by atoms with Crippen molar-refractivity contribution in [2.75, 3.05) is 5.75 Å². The number of rotatable bonds is 5. The van der Waals surface area contributed by atoms with Crippen molar-refractivity contribution in [2.24, 2.45) is 7.05 Å². The fourth-order valence-corrected chi connectivity index (χ4v) is 3.39. The summed E-state index contributed by atoms with van der Waals surface area (Å²) in [6.07, 6.45) is 0. The van der Waals surface area contributed by atoms with Crippen molar-refractivity contribution in [1.29, 1.82) is 0 Å². The molecule has 0 radical (unpaired) electrons. The highest BCUT2D eigenvalue weighted by Crippen LogP contribution is 2.26. The lowest BCUT2D eigenvalue weighted by Crippen LogP contribution is -2.38. The molecule has 0 saturated heterocycles. The monoisotopic (exact) mass is 343 g/mol. The van der Waals surface area contributed by atoms with Crippen LogP contribution in [0.2, 0.25) is 5.02 Å². The van der Waals surface area contributed by atoms with Gasteiger partial charge in [-0.2, -0.15) is 5.10 Å². The summed E-state index contributed by atoms with van der Waals surface area (Å²) in [7, 11) is -1.63. The maximum Gasteiger partial charge on any atom is 0.238 e. The van der Waals surface area contributed by atoms with Crippen molar-refractivity contribution in [3.8, 4) is 0 Å². The Bertz CT molecular complexity index is 814. The number of nitrogens with one attached hydrogen (secondary N) is 1. The van der Waals surface area contributed by atoms with Crippen LogP contribution in [0.1, 0.15) is 19.5 Å². The van der Waals surface area contributed by atoms with E-state index in [-0.39, 0.29) is 12.3 Å². The molecule has 0 aliphatic carbocycles. The molecule has 1 amide bonds. The highest BCUT2D eigenvalue weighted by Gasteiger charge is 2.26. The van der Waals surface area contributed by atoms with Crippen molar-refractivity contribution < 1.29 is 13.2 Å². The molecule has 0 spiro atoms. The van der Waals surface area contributed by atoms with Gasteiger partial charge in [0, 0.05) is 18.2 Å². The van der Waals surface area contributed by atoms with Gasteiger partial charge in [-0.1, -0.05) is 24.6 Å². The highest BCUT2D eigenvalue weighted by atomic mass is 35.5. The van der Waals surface area contributed by atoms with E-state index in [9.17, 15) is 13.2 Å². The van der Waals surface area contributed by atoms with E-state index in [4.69, 9.17) is 11.6 Å². The zero-order valence-electron chi connectivity index (χ0n) is 12.6. The Kier molecular flexibility index (Phi) is 4.77. The van der Waals surface area contributed by atoms with Gasteiger partial charge in [-0.25, -0.2) is 8.42 Å². The molecule has 0 aliphatic heterocycles. The molecule has 0 fully saturated rings. The molecule has 6 nitrogen and oxygen atoms in total. The van der Waals surface area contributed by atoms with Gasteiger partial charge >= 0.3 is 0 Å². The van der Waals surface area contributed by atoms with Crippen LogP contribution in [0.3, 0.4) is 0 Å². The maximum absolute atomic E-state index is 12.0. The van der Waals surface area contributed by atoms with Gasteiger partial charge in [-0.3, -0.25) is 9.48 Å². The smallest absolute Gasteiger partial charge is 0.238 e. The second-order valence-corrected chi connectivity index (χ2v) is 8.03. The number of aryl methyl sites for hydroxylation is 1. The Morgan fingerprint density at radius 1 is 1.45 bits per heavy atom. The number of aromatic nitrogens is 2. The van der Waals surface area contributed by atoms with E-state index >= 15 is 0 Å². The number of carbonyl (C=O) groups is 1. The van der Waals surface area contributed by atoms with E-state index in [1.54, 1.807) is 17.8 Å². The number of sulfone groups is 1. The zero-order valence-corrected chi connectivity index (χ0v) is 14.2. The molecule has 0 aliphatic rings. The molecule has 1 aromatic heterocycles. The highest BCUT2D eigenvalue weighted by molar-refractivity contribution is 7.92. The quantitative estimate of drug-likeness (QED) is 0.895. The third-order valence-electron chi connectivity index (χ3n) is 3.64. The normalized spacial score (nSPS) is 13.3. The van der Waals surface area contributed by atoms with Gasteiger partial charge in [-0.05, 0) is 19.1 Å². The number of benzene rings is 1. The lowest BCUT2D eigenvalue weighted by atomic mass is 10.2. The average Bonchev–Trinajstić information content (AvgIpc) is 2.82. The second-order valence-electron chi connectivity index (χ2n) is 5.02. The Labute approximate surface area is 134 Å². The van der Waals surface area contributed by atoms with E-state index in [1.807, 2.05) is 12.1 Å². The summed E-state index contributed by atoms with van der Waals surface area (Å²) in [6.45, 7) is 3.03. The molecule has 0 unspecified atom stereocenters. The Hall–Kier alpha value is -1.60. The molecule has 0 saturated carbocycles. The first kappa shape index (κ1) is 16.8. The van der Waals surface area contributed by atoms with Crippen molar-refractivity contribution >= 4 is 38.2 Å². The number of nitrogens with zero attached hydrogens (tertiary/aromatic N) is 2. The summed E-state index contributed by atoms with van der Waals surface area (Å²) in [4.78, 5) is 12.0. The molecule has 1 heterocycles. The molecule has 1 atom stereocenters. The number of halogens is 1. The van der Waals surface area contributed by atoms with Gasteiger partial charge in [0.15, 0.2) is 9.84 Å². The zero-order chi connectivity index (χ0) is 16.5. The molecule has 2 rings (SSSR count). The van der Waals surface area contributed by atoms with Crippen LogP contribution in [0.4, 0.5) is 0 Å². The van der Waals surface area contributed by atoms with Crippen LogP contribution in [0, 0.1) is 0 Å². The first-order valence-corrected chi connectivity index (χ1v) is 8.96. The third kappa shape index (κ3) is 3.10. The minimum absolute atomic E-state index is 0.0695. The number of amides is 1. The van der Waals surface area contributed by atoms with Crippen molar-refractivity contribution in [3.05, 3.63) is 28.9 Å². The molecule has 2 aromatic rings. The number of carbonyl (C=O) groups excluding carboxylic acids is 1. The molecular weight excluding hydrogens is 326 g/mol.